The van der Waals surface area contributed by atoms with Crippen LogP contribution in [0.25, 0.3) is 0 Å². The normalized spacial score (nSPS) is 22.6. The minimum absolute atomic E-state index is 0.496. The highest BCUT2D eigenvalue weighted by Crippen LogP contribution is 2.28. The molecule has 3 heterocycles. The third kappa shape index (κ3) is 3.00. The second-order valence-corrected chi connectivity index (χ2v) is 5.76. The summed E-state index contributed by atoms with van der Waals surface area (Å²) in [6.45, 7) is 3.44. The molecule has 0 unspecified atom stereocenters. The van der Waals surface area contributed by atoms with E-state index >= 15 is 0 Å². The molecule has 1 aromatic rings. The number of halogens is 1. The maximum atomic E-state index is 6.17. The van der Waals surface area contributed by atoms with Gasteiger partial charge in [0.2, 0.25) is 0 Å². The van der Waals surface area contributed by atoms with Gasteiger partial charge < -0.3 is 9.64 Å². The quantitative estimate of drug-likeness (QED) is 0.795. The standard InChI is InChI=1S/C14H19ClN4O/c1-19-6-2-3-10(9-19)16-14-12-5-8-20-7-4-11(12)13(15)17-18-14/h2-9H2,1H3/b16-10+. The van der Waals surface area contributed by atoms with E-state index in [9.17, 15) is 0 Å². The van der Waals surface area contributed by atoms with Crippen LogP contribution in [0.5, 0.6) is 0 Å². The van der Waals surface area contributed by atoms with Crippen LogP contribution in [0, 0.1) is 0 Å². The Morgan fingerprint density at radius 3 is 2.75 bits per heavy atom. The van der Waals surface area contributed by atoms with E-state index in [-0.39, 0.29) is 0 Å². The highest BCUT2D eigenvalue weighted by atomic mass is 35.5. The van der Waals surface area contributed by atoms with Crippen molar-refractivity contribution in [1.82, 2.24) is 15.1 Å². The maximum Gasteiger partial charge on any atom is 0.178 e. The summed E-state index contributed by atoms with van der Waals surface area (Å²) in [7, 11) is 2.12. The van der Waals surface area contributed by atoms with Gasteiger partial charge in [-0.1, -0.05) is 11.6 Å². The second kappa shape index (κ2) is 6.16. The first kappa shape index (κ1) is 13.9. The van der Waals surface area contributed by atoms with Gasteiger partial charge in [0.25, 0.3) is 0 Å². The summed E-state index contributed by atoms with van der Waals surface area (Å²) >= 11 is 6.17. The Balaban J connectivity index is 1.95. The summed E-state index contributed by atoms with van der Waals surface area (Å²) in [5.41, 5.74) is 3.36. The topological polar surface area (TPSA) is 50.6 Å². The Kier molecular flexibility index (Phi) is 4.29. The molecule has 0 aromatic carbocycles. The molecule has 1 aromatic heterocycles. The van der Waals surface area contributed by atoms with Crippen molar-refractivity contribution in [1.29, 1.82) is 0 Å². The van der Waals surface area contributed by atoms with Gasteiger partial charge in [-0.25, -0.2) is 4.99 Å². The second-order valence-electron chi connectivity index (χ2n) is 5.40. The van der Waals surface area contributed by atoms with Crippen LogP contribution in [0.3, 0.4) is 0 Å². The van der Waals surface area contributed by atoms with Gasteiger partial charge in [0, 0.05) is 23.4 Å². The van der Waals surface area contributed by atoms with E-state index < -0.39 is 0 Å². The molecule has 1 fully saturated rings. The van der Waals surface area contributed by atoms with Crippen LogP contribution in [0.1, 0.15) is 24.0 Å². The molecular weight excluding hydrogens is 276 g/mol. The van der Waals surface area contributed by atoms with E-state index in [1.165, 1.54) is 5.71 Å². The van der Waals surface area contributed by atoms with Crippen LogP contribution in [0.4, 0.5) is 5.82 Å². The molecule has 0 saturated carbocycles. The van der Waals surface area contributed by atoms with Gasteiger partial charge in [-0.3, -0.25) is 0 Å². The molecule has 0 radical (unpaired) electrons. The molecule has 0 N–H and O–H groups in total. The number of hydrogen-bond donors (Lipinski definition) is 0. The smallest absolute Gasteiger partial charge is 0.178 e. The van der Waals surface area contributed by atoms with Crippen LogP contribution in [-0.4, -0.2) is 54.2 Å². The van der Waals surface area contributed by atoms with Gasteiger partial charge in [0.15, 0.2) is 11.0 Å². The van der Waals surface area contributed by atoms with Gasteiger partial charge >= 0.3 is 0 Å². The lowest BCUT2D eigenvalue weighted by Gasteiger charge is -2.23. The van der Waals surface area contributed by atoms with Crippen molar-refractivity contribution >= 4 is 23.1 Å². The predicted molar refractivity (Wildman–Crippen MR) is 79.1 cm³/mol. The van der Waals surface area contributed by atoms with Crippen molar-refractivity contribution in [3.63, 3.8) is 0 Å². The van der Waals surface area contributed by atoms with Gasteiger partial charge in [-0.2, -0.15) is 0 Å². The van der Waals surface area contributed by atoms with E-state index in [1.807, 2.05) is 0 Å². The average molecular weight is 295 g/mol. The number of fused-ring (bicyclic) bond motifs is 1. The number of rotatable bonds is 1. The average Bonchev–Trinajstić information content (AvgIpc) is 2.69. The van der Waals surface area contributed by atoms with Crippen molar-refractivity contribution in [3.8, 4) is 0 Å². The van der Waals surface area contributed by atoms with Crippen molar-refractivity contribution < 1.29 is 4.74 Å². The number of piperidine rings is 1. The Labute approximate surface area is 124 Å². The van der Waals surface area contributed by atoms with Gasteiger partial charge in [0.05, 0.1) is 13.2 Å². The summed E-state index contributed by atoms with van der Waals surface area (Å²) in [4.78, 5) is 7.04. The minimum Gasteiger partial charge on any atom is -0.381 e. The molecule has 5 nitrogen and oxygen atoms in total. The van der Waals surface area contributed by atoms with E-state index in [0.717, 1.165) is 55.7 Å². The first-order chi connectivity index (χ1) is 9.74. The molecule has 0 aliphatic carbocycles. The van der Waals surface area contributed by atoms with E-state index in [1.54, 1.807) is 0 Å². The lowest BCUT2D eigenvalue weighted by atomic mass is 10.1. The summed E-state index contributed by atoms with van der Waals surface area (Å²) in [5, 5.41) is 8.76. The van der Waals surface area contributed by atoms with Crippen LogP contribution >= 0.6 is 11.6 Å². The predicted octanol–water partition coefficient (Wildman–Crippen LogP) is 2.04. The third-order valence-corrected chi connectivity index (χ3v) is 4.13. The van der Waals surface area contributed by atoms with Crippen LogP contribution in [0.15, 0.2) is 4.99 Å². The molecular formula is C14H19ClN4O. The van der Waals surface area contributed by atoms with Crippen molar-refractivity contribution in [3.05, 3.63) is 16.3 Å². The Bertz CT molecular complexity index is 532. The molecule has 108 valence electrons. The zero-order chi connectivity index (χ0) is 13.9. The van der Waals surface area contributed by atoms with Crippen molar-refractivity contribution in [2.45, 2.75) is 25.7 Å². The molecule has 1 saturated heterocycles. The van der Waals surface area contributed by atoms with E-state index in [0.29, 0.717) is 18.4 Å². The Hall–Kier alpha value is -1.04. The molecule has 6 heteroatoms. The zero-order valence-electron chi connectivity index (χ0n) is 11.7. The number of ether oxygens (including phenoxy) is 1. The van der Waals surface area contributed by atoms with E-state index in [2.05, 4.69) is 22.1 Å². The fourth-order valence-corrected chi connectivity index (χ4v) is 3.04. The van der Waals surface area contributed by atoms with Crippen molar-refractivity contribution in [2.24, 2.45) is 4.99 Å². The van der Waals surface area contributed by atoms with Gasteiger partial charge in [0.1, 0.15) is 0 Å². The largest absolute Gasteiger partial charge is 0.381 e. The molecule has 0 spiro atoms. The van der Waals surface area contributed by atoms with Crippen LogP contribution < -0.4 is 0 Å². The minimum atomic E-state index is 0.496. The lowest BCUT2D eigenvalue weighted by Crippen LogP contribution is -2.32. The molecule has 0 atom stereocenters. The lowest BCUT2D eigenvalue weighted by molar-refractivity contribution is 0.146. The molecule has 2 aliphatic rings. The molecule has 3 rings (SSSR count). The SMILES string of the molecule is CN1CCC/C(=N\c2nnc(Cl)c3c2CCOCC3)C1. The summed E-state index contributed by atoms with van der Waals surface area (Å²) in [5.74, 6) is 0.736. The number of hydrogen-bond acceptors (Lipinski definition) is 5. The highest BCUT2D eigenvalue weighted by Gasteiger charge is 2.19. The molecule has 20 heavy (non-hydrogen) atoms. The number of aromatic nitrogens is 2. The molecule has 0 amide bonds. The number of aliphatic imine (C=N–C) groups is 1. The fourth-order valence-electron chi connectivity index (χ4n) is 2.79. The summed E-state index contributed by atoms with van der Waals surface area (Å²) < 4.78 is 5.52. The van der Waals surface area contributed by atoms with Crippen LogP contribution in [0.2, 0.25) is 5.15 Å². The third-order valence-electron chi connectivity index (χ3n) is 3.83. The Morgan fingerprint density at radius 2 is 1.95 bits per heavy atom. The highest BCUT2D eigenvalue weighted by molar-refractivity contribution is 6.30. The summed E-state index contributed by atoms with van der Waals surface area (Å²) in [6.07, 6.45) is 3.80. The fraction of sp³-hybridized carbons (Fsp3) is 0.643. The Morgan fingerprint density at radius 1 is 1.15 bits per heavy atom. The van der Waals surface area contributed by atoms with Gasteiger partial charge in [-0.05, 0) is 39.3 Å². The first-order valence-corrected chi connectivity index (χ1v) is 7.48. The maximum absolute atomic E-state index is 6.17. The number of likely N-dealkylation sites (tertiary alicyclic amines) is 1. The first-order valence-electron chi connectivity index (χ1n) is 7.10. The van der Waals surface area contributed by atoms with Crippen molar-refractivity contribution in [2.75, 3.05) is 33.4 Å². The van der Waals surface area contributed by atoms with E-state index in [4.69, 9.17) is 21.3 Å². The zero-order valence-corrected chi connectivity index (χ0v) is 12.5. The molecule has 2 aliphatic heterocycles. The monoisotopic (exact) mass is 294 g/mol. The number of nitrogens with zero attached hydrogens (tertiary/aromatic N) is 4. The van der Waals surface area contributed by atoms with Gasteiger partial charge in [-0.15, -0.1) is 10.2 Å². The molecule has 0 bridgehead atoms. The summed E-state index contributed by atoms with van der Waals surface area (Å²) in [6, 6.07) is 0. The van der Waals surface area contributed by atoms with Crippen LogP contribution in [-0.2, 0) is 17.6 Å².